The van der Waals surface area contributed by atoms with E-state index in [1.54, 1.807) is 23.2 Å². The first-order valence-corrected chi connectivity index (χ1v) is 9.38. The fourth-order valence-corrected chi connectivity index (χ4v) is 3.45. The van der Waals surface area contributed by atoms with Crippen LogP contribution in [0.1, 0.15) is 41.4 Å². The van der Waals surface area contributed by atoms with E-state index >= 15 is 0 Å². The van der Waals surface area contributed by atoms with Crippen LogP contribution in [0, 0.1) is 13.8 Å². The summed E-state index contributed by atoms with van der Waals surface area (Å²) in [5, 5.41) is 15.6. The Bertz CT molecular complexity index is 826. The van der Waals surface area contributed by atoms with Gasteiger partial charge in [-0.1, -0.05) is 6.42 Å². The van der Waals surface area contributed by atoms with Gasteiger partial charge in [-0.25, -0.2) is 4.98 Å². The molecule has 0 amide bonds. The molecule has 0 saturated carbocycles. The minimum absolute atomic E-state index is 0.662. The zero-order valence-corrected chi connectivity index (χ0v) is 15.7. The summed E-state index contributed by atoms with van der Waals surface area (Å²) in [7, 11) is 1.71. The zero-order chi connectivity index (χ0) is 17.6. The van der Waals surface area contributed by atoms with Crippen LogP contribution in [0.15, 0.2) is 23.6 Å². The maximum atomic E-state index is 5.50. The standard InChI is InChI=1S/C18H23N5OS/c1-13-20-22-23(21-13)17-9-10-18(24-3)15(11-17)7-5-4-6-8-16-12-25-14(2)19-16/h9-12H,4-8H2,1-3H3. The van der Waals surface area contributed by atoms with Crippen LogP contribution in [0.5, 0.6) is 5.75 Å². The molecule has 25 heavy (non-hydrogen) atoms. The van der Waals surface area contributed by atoms with Gasteiger partial charge in [-0.05, 0) is 68.5 Å². The fraction of sp³-hybridized carbons (Fsp3) is 0.444. The zero-order valence-electron chi connectivity index (χ0n) is 14.9. The van der Waals surface area contributed by atoms with E-state index in [1.807, 2.05) is 19.1 Å². The van der Waals surface area contributed by atoms with Crippen LogP contribution in [0.4, 0.5) is 0 Å². The highest BCUT2D eigenvalue weighted by Crippen LogP contribution is 2.23. The van der Waals surface area contributed by atoms with Crippen molar-refractivity contribution in [3.05, 3.63) is 45.7 Å². The topological polar surface area (TPSA) is 65.7 Å². The Balaban J connectivity index is 1.57. The Morgan fingerprint density at radius 2 is 1.96 bits per heavy atom. The van der Waals surface area contributed by atoms with Crippen LogP contribution in [0.2, 0.25) is 0 Å². The lowest BCUT2D eigenvalue weighted by Gasteiger charge is -2.10. The summed E-state index contributed by atoms with van der Waals surface area (Å²) < 4.78 is 5.50. The molecule has 0 unspecified atom stereocenters. The molecule has 0 fully saturated rings. The number of methoxy groups -OCH3 is 1. The summed E-state index contributed by atoms with van der Waals surface area (Å²) in [6.45, 7) is 3.89. The summed E-state index contributed by atoms with van der Waals surface area (Å²) in [4.78, 5) is 6.08. The van der Waals surface area contributed by atoms with E-state index < -0.39 is 0 Å². The molecule has 0 saturated heterocycles. The number of ether oxygens (including phenoxy) is 1. The molecule has 6 nitrogen and oxygen atoms in total. The SMILES string of the molecule is COc1ccc(-n2nnc(C)n2)cc1CCCCCc1csc(C)n1. The molecule has 0 aliphatic heterocycles. The number of unbranched alkanes of at least 4 members (excludes halogenated alkanes) is 2. The maximum Gasteiger partial charge on any atom is 0.172 e. The Labute approximate surface area is 151 Å². The van der Waals surface area contributed by atoms with Gasteiger partial charge in [0.1, 0.15) is 5.75 Å². The van der Waals surface area contributed by atoms with E-state index in [1.165, 1.54) is 17.7 Å². The third kappa shape index (κ3) is 4.63. The molecule has 0 N–H and O–H groups in total. The third-order valence-corrected chi connectivity index (χ3v) is 4.88. The predicted molar refractivity (Wildman–Crippen MR) is 98.6 cm³/mol. The average Bonchev–Trinajstić information content (AvgIpc) is 3.23. The molecule has 7 heteroatoms. The lowest BCUT2D eigenvalue weighted by atomic mass is 10.0. The first-order chi connectivity index (χ1) is 12.2. The molecule has 0 radical (unpaired) electrons. The van der Waals surface area contributed by atoms with Crippen molar-refractivity contribution in [2.45, 2.75) is 46.0 Å². The summed E-state index contributed by atoms with van der Waals surface area (Å²) in [5.41, 5.74) is 3.31. The maximum absolute atomic E-state index is 5.50. The lowest BCUT2D eigenvalue weighted by Crippen LogP contribution is -2.02. The quantitative estimate of drug-likeness (QED) is 0.575. The number of thiazole rings is 1. The monoisotopic (exact) mass is 357 g/mol. The molecule has 1 aromatic carbocycles. The summed E-state index contributed by atoms with van der Waals surface area (Å²) in [6.07, 6.45) is 5.48. The van der Waals surface area contributed by atoms with E-state index in [4.69, 9.17) is 4.74 Å². The number of nitrogens with zero attached hydrogens (tertiary/aromatic N) is 5. The van der Waals surface area contributed by atoms with Crippen molar-refractivity contribution in [2.24, 2.45) is 0 Å². The van der Waals surface area contributed by atoms with Crippen molar-refractivity contribution < 1.29 is 4.74 Å². The third-order valence-electron chi connectivity index (χ3n) is 4.05. The summed E-state index contributed by atoms with van der Waals surface area (Å²) >= 11 is 1.72. The van der Waals surface area contributed by atoms with Gasteiger partial charge in [0, 0.05) is 5.38 Å². The molecular weight excluding hydrogens is 334 g/mol. The normalized spacial score (nSPS) is 11.0. The summed E-state index contributed by atoms with van der Waals surface area (Å²) in [5.74, 6) is 1.57. The van der Waals surface area contributed by atoms with Gasteiger partial charge in [-0.3, -0.25) is 0 Å². The van der Waals surface area contributed by atoms with Crippen molar-refractivity contribution in [1.82, 2.24) is 25.2 Å². The number of hydrogen-bond donors (Lipinski definition) is 0. The van der Waals surface area contributed by atoms with Crippen LogP contribution >= 0.6 is 11.3 Å². The summed E-state index contributed by atoms with van der Waals surface area (Å²) in [6, 6.07) is 6.01. The highest BCUT2D eigenvalue weighted by molar-refractivity contribution is 7.09. The van der Waals surface area contributed by atoms with E-state index in [0.29, 0.717) is 5.82 Å². The van der Waals surface area contributed by atoms with Crippen molar-refractivity contribution in [3.63, 3.8) is 0 Å². The van der Waals surface area contributed by atoms with Crippen LogP contribution in [0.3, 0.4) is 0 Å². The van der Waals surface area contributed by atoms with Crippen molar-refractivity contribution in [1.29, 1.82) is 0 Å². The Hall–Kier alpha value is -2.28. The number of aromatic nitrogens is 5. The average molecular weight is 357 g/mol. The van der Waals surface area contributed by atoms with Crippen molar-refractivity contribution in [2.75, 3.05) is 7.11 Å². The Morgan fingerprint density at radius 1 is 1.12 bits per heavy atom. The van der Waals surface area contributed by atoms with E-state index in [0.717, 1.165) is 42.1 Å². The second-order valence-electron chi connectivity index (χ2n) is 6.04. The largest absolute Gasteiger partial charge is 0.496 e. The number of benzene rings is 1. The van der Waals surface area contributed by atoms with Crippen molar-refractivity contribution in [3.8, 4) is 11.4 Å². The van der Waals surface area contributed by atoms with Gasteiger partial charge >= 0.3 is 0 Å². The van der Waals surface area contributed by atoms with E-state index in [2.05, 4.69) is 38.8 Å². The van der Waals surface area contributed by atoms with Gasteiger partial charge in [0.05, 0.1) is 23.5 Å². The highest BCUT2D eigenvalue weighted by atomic mass is 32.1. The highest BCUT2D eigenvalue weighted by Gasteiger charge is 2.08. The van der Waals surface area contributed by atoms with E-state index in [-0.39, 0.29) is 0 Å². The van der Waals surface area contributed by atoms with Gasteiger partial charge in [0.25, 0.3) is 0 Å². The number of tetrazole rings is 1. The first-order valence-electron chi connectivity index (χ1n) is 8.50. The first kappa shape index (κ1) is 17.5. The molecule has 132 valence electrons. The molecule has 3 aromatic rings. The molecule has 0 aliphatic carbocycles. The Morgan fingerprint density at radius 3 is 2.64 bits per heavy atom. The molecule has 0 bridgehead atoms. The van der Waals surface area contributed by atoms with Gasteiger partial charge in [0.2, 0.25) is 0 Å². The number of hydrogen-bond acceptors (Lipinski definition) is 6. The molecule has 2 heterocycles. The molecular formula is C18H23N5OS. The molecule has 0 atom stereocenters. The fourth-order valence-electron chi connectivity index (χ4n) is 2.80. The van der Waals surface area contributed by atoms with Crippen LogP contribution < -0.4 is 4.74 Å². The predicted octanol–water partition coefficient (Wildman–Crippen LogP) is 3.70. The van der Waals surface area contributed by atoms with Crippen LogP contribution in [0.25, 0.3) is 5.69 Å². The lowest BCUT2D eigenvalue weighted by molar-refractivity contribution is 0.408. The molecule has 2 aromatic heterocycles. The van der Waals surface area contributed by atoms with E-state index in [9.17, 15) is 0 Å². The molecule has 0 aliphatic rings. The second-order valence-corrected chi connectivity index (χ2v) is 7.10. The minimum atomic E-state index is 0.662. The van der Waals surface area contributed by atoms with Gasteiger partial charge in [-0.2, -0.15) is 0 Å². The van der Waals surface area contributed by atoms with Gasteiger partial charge < -0.3 is 4.74 Å². The smallest absolute Gasteiger partial charge is 0.172 e. The van der Waals surface area contributed by atoms with Crippen LogP contribution in [-0.2, 0) is 12.8 Å². The van der Waals surface area contributed by atoms with Crippen molar-refractivity contribution >= 4 is 11.3 Å². The minimum Gasteiger partial charge on any atom is -0.496 e. The number of rotatable bonds is 8. The van der Waals surface area contributed by atoms with Gasteiger partial charge in [0.15, 0.2) is 5.82 Å². The Kier molecular flexibility index (Phi) is 5.75. The van der Waals surface area contributed by atoms with Crippen LogP contribution in [-0.4, -0.2) is 32.3 Å². The van der Waals surface area contributed by atoms with Gasteiger partial charge in [-0.15, -0.1) is 26.3 Å². The molecule has 0 spiro atoms. The molecule has 3 rings (SSSR count). The second kappa shape index (κ2) is 8.20. The number of aryl methyl sites for hydroxylation is 4.